The zero-order chi connectivity index (χ0) is 36.3. The van der Waals surface area contributed by atoms with E-state index in [2.05, 4.69) is 26.1 Å². The Morgan fingerprint density at radius 3 is 1.50 bits per heavy atom. The Labute approximate surface area is 323 Å². The van der Waals surface area contributed by atoms with Crippen molar-refractivity contribution in [2.45, 2.75) is 89.1 Å². The van der Waals surface area contributed by atoms with Gasteiger partial charge in [-0.3, -0.25) is 9.59 Å². The first-order valence-corrected chi connectivity index (χ1v) is 21.1. The van der Waals surface area contributed by atoms with Crippen molar-refractivity contribution in [1.29, 1.82) is 0 Å². The summed E-state index contributed by atoms with van der Waals surface area (Å²) < 4.78 is 3.50. The van der Waals surface area contributed by atoms with E-state index in [0.29, 0.717) is 52.0 Å². The number of nitrogens with zero attached hydrogens (tertiary/aromatic N) is 4. The highest BCUT2D eigenvalue weighted by Crippen LogP contribution is 2.55. The van der Waals surface area contributed by atoms with E-state index in [1.54, 1.807) is 17.1 Å². The number of carbonyl (C=O) groups is 2. The summed E-state index contributed by atoms with van der Waals surface area (Å²) in [5.41, 5.74) is 3.00. The molecule has 0 radical (unpaired) electrons. The van der Waals surface area contributed by atoms with Crippen LogP contribution in [0.15, 0.2) is 73.1 Å². The van der Waals surface area contributed by atoms with Crippen LogP contribution in [0.4, 0.5) is 5.82 Å². The summed E-state index contributed by atoms with van der Waals surface area (Å²) in [7, 11) is 0. The van der Waals surface area contributed by atoms with Crippen molar-refractivity contribution in [3.05, 3.63) is 89.3 Å². The monoisotopic (exact) mass is 745 g/mol. The van der Waals surface area contributed by atoms with Crippen molar-refractivity contribution in [3.63, 3.8) is 0 Å². The molecule has 2 aromatic heterocycles. The van der Waals surface area contributed by atoms with Crippen molar-refractivity contribution in [2.75, 3.05) is 11.9 Å². The molecule has 2 heterocycles. The molecular weight excluding hydrogens is 694 g/mol. The van der Waals surface area contributed by atoms with Crippen LogP contribution in [0.2, 0.25) is 5.15 Å². The lowest BCUT2D eigenvalue weighted by Gasteiger charge is -2.54. The molecule has 9 aliphatic rings. The lowest BCUT2D eigenvalue weighted by Crippen LogP contribution is -2.55. The fraction of sp³-hybridized carbons (Fsp3) is 0.545. The topological polar surface area (TPSA) is 106 Å². The van der Waals surface area contributed by atoms with Crippen molar-refractivity contribution in [3.8, 4) is 11.4 Å². The highest BCUT2D eigenvalue weighted by Gasteiger charge is 2.50. The minimum absolute atomic E-state index is 0.0444. The van der Waals surface area contributed by atoms with Crippen LogP contribution in [0.3, 0.4) is 0 Å². The lowest BCUT2D eigenvalue weighted by molar-refractivity contribution is -0.0119. The second-order valence-corrected chi connectivity index (χ2v) is 18.3. The minimum Gasteiger partial charge on any atom is -0.369 e. The predicted octanol–water partition coefficient (Wildman–Crippen LogP) is 8.33. The van der Waals surface area contributed by atoms with Gasteiger partial charge >= 0.3 is 0 Å². The van der Waals surface area contributed by atoms with E-state index in [0.717, 1.165) is 53.3 Å². The summed E-state index contributed by atoms with van der Waals surface area (Å²) >= 11 is 6.46. The second-order valence-electron chi connectivity index (χ2n) is 17.9. The number of rotatable bonds is 9. The van der Waals surface area contributed by atoms with Crippen molar-refractivity contribution in [1.82, 2.24) is 30.2 Å². The SMILES string of the molecule is O=C(NC1C2CC3CC(C2)CC1C3)c1cnn(-c2ccccc2)c1Cl.O=C(NC1C2CC3CC(C2)CC1C3)c1cnn(-c2ccccc2)c1NCC1CC1. The molecule has 13 rings (SSSR count). The predicted molar refractivity (Wildman–Crippen MR) is 210 cm³/mol. The van der Waals surface area contributed by atoms with E-state index in [-0.39, 0.29) is 11.8 Å². The Bertz CT molecular complexity index is 1930. The maximum Gasteiger partial charge on any atom is 0.256 e. The number of benzene rings is 2. The van der Waals surface area contributed by atoms with Gasteiger partial charge < -0.3 is 16.0 Å². The van der Waals surface area contributed by atoms with Gasteiger partial charge in [0.05, 0.1) is 29.3 Å². The van der Waals surface area contributed by atoms with Crippen molar-refractivity contribution >= 4 is 29.2 Å². The van der Waals surface area contributed by atoms with Crippen LogP contribution in [0.1, 0.15) is 97.8 Å². The van der Waals surface area contributed by atoms with E-state index in [1.807, 2.05) is 65.3 Å². The molecule has 0 aliphatic heterocycles. The largest absolute Gasteiger partial charge is 0.369 e. The van der Waals surface area contributed by atoms with Gasteiger partial charge in [0.15, 0.2) is 0 Å². The Morgan fingerprint density at radius 2 is 1.02 bits per heavy atom. The third kappa shape index (κ3) is 6.64. The molecule has 9 nitrogen and oxygen atoms in total. The molecule has 0 spiro atoms. The average molecular weight is 746 g/mol. The Morgan fingerprint density at radius 1 is 0.593 bits per heavy atom. The Hall–Kier alpha value is -4.11. The third-order valence-corrected chi connectivity index (χ3v) is 14.6. The number of anilines is 1. The van der Waals surface area contributed by atoms with E-state index in [4.69, 9.17) is 11.6 Å². The first kappa shape index (κ1) is 34.4. The van der Waals surface area contributed by atoms with Gasteiger partial charge in [-0.25, -0.2) is 9.36 Å². The molecule has 9 saturated carbocycles. The van der Waals surface area contributed by atoms with E-state index in [9.17, 15) is 9.59 Å². The molecule has 2 amide bonds. The number of aromatic nitrogens is 4. The number of carbonyl (C=O) groups excluding carboxylic acids is 2. The fourth-order valence-corrected chi connectivity index (χ4v) is 12.3. The van der Waals surface area contributed by atoms with Crippen LogP contribution in [0, 0.1) is 53.3 Å². The molecule has 8 bridgehead atoms. The quantitative estimate of drug-likeness (QED) is 0.160. The number of amides is 2. The van der Waals surface area contributed by atoms with Crippen LogP contribution in [-0.2, 0) is 0 Å². The van der Waals surface area contributed by atoms with Gasteiger partial charge in [0.25, 0.3) is 11.8 Å². The van der Waals surface area contributed by atoms with Crippen LogP contribution >= 0.6 is 11.6 Å². The molecule has 4 aromatic rings. The maximum absolute atomic E-state index is 13.4. The first-order chi connectivity index (χ1) is 26.4. The molecule has 282 valence electrons. The van der Waals surface area contributed by atoms with E-state index >= 15 is 0 Å². The van der Waals surface area contributed by atoms with Crippen molar-refractivity contribution < 1.29 is 9.59 Å². The summed E-state index contributed by atoms with van der Waals surface area (Å²) in [6, 6.07) is 20.4. The molecule has 10 heteroatoms. The summed E-state index contributed by atoms with van der Waals surface area (Å²) in [6.07, 6.45) is 19.1. The van der Waals surface area contributed by atoms with Crippen LogP contribution in [-0.4, -0.2) is 50.0 Å². The van der Waals surface area contributed by atoms with E-state index in [1.165, 1.54) is 77.0 Å². The van der Waals surface area contributed by atoms with Gasteiger partial charge in [-0.1, -0.05) is 48.0 Å². The van der Waals surface area contributed by atoms with E-state index < -0.39 is 0 Å². The summed E-state index contributed by atoms with van der Waals surface area (Å²) in [4.78, 5) is 26.2. The van der Waals surface area contributed by atoms with Crippen LogP contribution in [0.25, 0.3) is 11.4 Å². The molecule has 54 heavy (non-hydrogen) atoms. The second kappa shape index (κ2) is 14.2. The summed E-state index contributed by atoms with van der Waals surface area (Å²) in [6.45, 7) is 0.914. The lowest BCUT2D eigenvalue weighted by atomic mass is 9.54. The Balaban J connectivity index is 0.000000135. The normalized spacial score (nSPS) is 32.5. The highest BCUT2D eigenvalue weighted by atomic mass is 35.5. The minimum atomic E-state index is -0.0790. The molecule has 0 saturated heterocycles. The van der Waals surface area contributed by atoms with Crippen LogP contribution in [0.5, 0.6) is 0 Å². The Kier molecular flexibility index (Phi) is 9.04. The first-order valence-electron chi connectivity index (χ1n) is 20.7. The molecule has 9 fully saturated rings. The number of nitrogens with one attached hydrogen (secondary N) is 3. The number of hydrogen-bond acceptors (Lipinski definition) is 5. The molecule has 0 atom stereocenters. The van der Waals surface area contributed by atoms with Gasteiger partial charge in [0.2, 0.25) is 0 Å². The number of hydrogen-bond donors (Lipinski definition) is 3. The molecule has 3 N–H and O–H groups in total. The van der Waals surface area contributed by atoms with Crippen LogP contribution < -0.4 is 16.0 Å². The number of para-hydroxylation sites is 2. The maximum atomic E-state index is 13.4. The molecule has 2 aromatic carbocycles. The highest BCUT2D eigenvalue weighted by molar-refractivity contribution is 6.33. The van der Waals surface area contributed by atoms with Gasteiger partial charge in [-0.15, -0.1) is 0 Å². The third-order valence-electron chi connectivity index (χ3n) is 14.3. The molecule has 9 aliphatic carbocycles. The van der Waals surface area contributed by atoms with Gasteiger partial charge in [0.1, 0.15) is 16.5 Å². The summed E-state index contributed by atoms with van der Waals surface area (Å²) in [5, 5.41) is 19.6. The van der Waals surface area contributed by atoms with Gasteiger partial charge in [-0.2, -0.15) is 10.2 Å². The zero-order valence-electron chi connectivity index (χ0n) is 31.0. The molecule has 0 unspecified atom stereocenters. The number of halogens is 1. The average Bonchev–Trinajstić information content (AvgIpc) is 3.78. The fourth-order valence-electron chi connectivity index (χ4n) is 12.0. The zero-order valence-corrected chi connectivity index (χ0v) is 31.7. The van der Waals surface area contributed by atoms with Crippen molar-refractivity contribution in [2.24, 2.45) is 53.3 Å². The standard InChI is InChI=1S/C24H30N4O.C20H22ClN3O/c29-24(27-22-18-9-16-8-17(11-18)12-19(22)10-16)21-14-26-28(20-4-2-1-3-5-20)23(21)25-13-15-6-7-15;21-19-17(11-22-24(19)16-4-2-1-3-5-16)20(25)23-18-14-7-12-6-13(9-14)10-15(18)8-12/h1-5,14-19,22,25H,6-13H2,(H,27,29);1-5,11-15,18H,6-10H2,(H,23,25). The smallest absolute Gasteiger partial charge is 0.256 e. The molecular formula is C44H52ClN7O2. The summed E-state index contributed by atoms with van der Waals surface area (Å²) in [5.74, 6) is 7.85. The van der Waals surface area contributed by atoms with Gasteiger partial charge in [-0.05, 0) is 155 Å². The van der Waals surface area contributed by atoms with Gasteiger partial charge in [0, 0.05) is 18.6 Å².